The Morgan fingerprint density at radius 1 is 1.55 bits per heavy atom. The molecule has 0 aliphatic carbocycles. The topological polar surface area (TPSA) is 95.7 Å². The van der Waals surface area contributed by atoms with Gasteiger partial charge in [-0.3, -0.25) is 9.59 Å². The van der Waals surface area contributed by atoms with Gasteiger partial charge in [-0.25, -0.2) is 8.78 Å². The van der Waals surface area contributed by atoms with Gasteiger partial charge in [-0.1, -0.05) is 0 Å². The number of likely N-dealkylation sites (tertiary alicyclic amines) is 1. The Morgan fingerprint density at radius 2 is 2.20 bits per heavy atom. The predicted molar refractivity (Wildman–Crippen MR) is 65.9 cm³/mol. The number of aliphatic hydroxyl groups excluding tert-OH is 1. The van der Waals surface area contributed by atoms with Crippen LogP contribution < -0.4 is 11.1 Å². The Kier molecular flexibility index (Phi) is 4.24. The van der Waals surface area contributed by atoms with Gasteiger partial charge in [0, 0.05) is 18.5 Å². The second-order valence-corrected chi connectivity index (χ2v) is 5.52. The number of aliphatic hydroxyl groups is 1. The number of alkyl halides is 2. The number of amides is 2. The first-order valence-electron chi connectivity index (χ1n) is 6.68. The van der Waals surface area contributed by atoms with E-state index in [1.165, 1.54) is 0 Å². The van der Waals surface area contributed by atoms with Crippen molar-refractivity contribution in [2.45, 2.75) is 37.3 Å². The average Bonchev–Trinajstić information content (AvgIpc) is 2.36. The zero-order valence-electron chi connectivity index (χ0n) is 11.0. The number of nitrogens with zero attached hydrogens (tertiary/aromatic N) is 1. The lowest BCUT2D eigenvalue weighted by atomic mass is 9.89. The molecule has 20 heavy (non-hydrogen) atoms. The van der Waals surface area contributed by atoms with E-state index in [2.05, 4.69) is 5.32 Å². The van der Waals surface area contributed by atoms with Gasteiger partial charge >= 0.3 is 0 Å². The molecule has 4 N–H and O–H groups in total. The molecule has 2 aliphatic rings. The van der Waals surface area contributed by atoms with Crippen LogP contribution in [0.2, 0.25) is 0 Å². The molecule has 6 nitrogen and oxygen atoms in total. The van der Waals surface area contributed by atoms with Crippen LogP contribution in [0.25, 0.3) is 0 Å². The first-order valence-corrected chi connectivity index (χ1v) is 6.68. The molecule has 114 valence electrons. The number of rotatable bonds is 4. The van der Waals surface area contributed by atoms with E-state index >= 15 is 0 Å². The Bertz CT molecular complexity index is 397. The van der Waals surface area contributed by atoms with E-state index in [1.807, 2.05) is 0 Å². The lowest BCUT2D eigenvalue weighted by Crippen LogP contribution is -2.62. The van der Waals surface area contributed by atoms with Crippen molar-refractivity contribution in [2.24, 2.45) is 11.7 Å². The summed E-state index contributed by atoms with van der Waals surface area (Å²) in [5.74, 6) is -4.14. The van der Waals surface area contributed by atoms with Crippen molar-refractivity contribution in [3.8, 4) is 0 Å². The fourth-order valence-electron chi connectivity index (χ4n) is 2.56. The summed E-state index contributed by atoms with van der Waals surface area (Å²) in [5, 5.41) is 12.5. The van der Waals surface area contributed by atoms with Gasteiger partial charge in [-0.05, 0) is 19.3 Å². The zero-order chi connectivity index (χ0) is 14.9. The van der Waals surface area contributed by atoms with Crippen LogP contribution in [-0.2, 0) is 9.59 Å². The lowest BCUT2D eigenvalue weighted by Gasteiger charge is -2.40. The molecule has 0 spiro atoms. The minimum Gasteiger partial charge on any atom is -0.382 e. The predicted octanol–water partition coefficient (Wildman–Crippen LogP) is -0.932. The van der Waals surface area contributed by atoms with Crippen LogP contribution >= 0.6 is 0 Å². The molecule has 2 rings (SSSR count). The van der Waals surface area contributed by atoms with E-state index in [-0.39, 0.29) is 18.2 Å². The summed E-state index contributed by atoms with van der Waals surface area (Å²) in [6, 6.07) is -0.925. The lowest BCUT2D eigenvalue weighted by molar-refractivity contribution is -0.174. The van der Waals surface area contributed by atoms with E-state index in [4.69, 9.17) is 5.73 Å². The maximum absolute atomic E-state index is 12.7. The summed E-state index contributed by atoms with van der Waals surface area (Å²) < 4.78 is 25.4. The third kappa shape index (κ3) is 3.24. The molecule has 0 aromatic rings. The van der Waals surface area contributed by atoms with Crippen LogP contribution in [0.4, 0.5) is 8.78 Å². The molecular formula is C12H19F2N3O3. The number of hydrogen-bond acceptors (Lipinski definition) is 4. The van der Waals surface area contributed by atoms with Crippen molar-refractivity contribution in [1.29, 1.82) is 0 Å². The smallest absolute Gasteiger partial charge is 0.282 e. The van der Waals surface area contributed by atoms with Crippen LogP contribution in [0.3, 0.4) is 0 Å². The van der Waals surface area contributed by atoms with Gasteiger partial charge in [0.15, 0.2) is 0 Å². The number of nitrogens with one attached hydrogen (secondary N) is 1. The van der Waals surface area contributed by atoms with Gasteiger partial charge in [0.1, 0.15) is 6.10 Å². The molecule has 0 saturated carbocycles. The largest absolute Gasteiger partial charge is 0.382 e. The standard InChI is InChI=1S/C12H19F2N3O3/c13-12(14)5-17(6-12)11(20)9(18)8(15)4-7-2-1-3-16-10(7)19/h7-9,18H,1-6,15H2,(H,16,19)/t7-,8?,9?/m0/s1. The van der Waals surface area contributed by atoms with Gasteiger partial charge in [-0.2, -0.15) is 0 Å². The van der Waals surface area contributed by atoms with Crippen LogP contribution in [0.5, 0.6) is 0 Å². The summed E-state index contributed by atoms with van der Waals surface area (Å²) in [6.07, 6.45) is 0.109. The van der Waals surface area contributed by atoms with Crippen LogP contribution in [0, 0.1) is 5.92 Å². The molecular weight excluding hydrogens is 272 g/mol. The first kappa shape index (κ1) is 15.1. The monoisotopic (exact) mass is 291 g/mol. The minimum atomic E-state index is -2.87. The fraction of sp³-hybridized carbons (Fsp3) is 0.833. The number of halogens is 2. The molecule has 0 bridgehead atoms. The summed E-state index contributed by atoms with van der Waals surface area (Å²) in [6.45, 7) is -0.742. The van der Waals surface area contributed by atoms with Gasteiger partial charge in [0.05, 0.1) is 13.1 Å². The second kappa shape index (κ2) is 5.61. The number of nitrogens with two attached hydrogens (primary N) is 1. The molecule has 2 unspecified atom stereocenters. The molecule has 2 fully saturated rings. The van der Waals surface area contributed by atoms with E-state index in [0.717, 1.165) is 11.3 Å². The van der Waals surface area contributed by atoms with E-state index in [1.54, 1.807) is 0 Å². The van der Waals surface area contributed by atoms with Crippen molar-refractivity contribution < 1.29 is 23.5 Å². The van der Waals surface area contributed by atoms with Crippen LogP contribution in [0.15, 0.2) is 0 Å². The summed E-state index contributed by atoms with van der Waals surface area (Å²) in [4.78, 5) is 24.2. The highest BCUT2D eigenvalue weighted by Gasteiger charge is 2.48. The molecule has 0 aromatic heterocycles. The fourth-order valence-corrected chi connectivity index (χ4v) is 2.56. The Labute approximate surface area is 115 Å². The molecule has 0 aromatic carbocycles. The van der Waals surface area contributed by atoms with Crippen LogP contribution in [0.1, 0.15) is 19.3 Å². The Balaban J connectivity index is 1.83. The van der Waals surface area contributed by atoms with Crippen molar-refractivity contribution >= 4 is 11.8 Å². The highest BCUT2D eigenvalue weighted by Crippen LogP contribution is 2.27. The Morgan fingerprint density at radius 3 is 2.75 bits per heavy atom. The van der Waals surface area contributed by atoms with Crippen LogP contribution in [-0.4, -0.2) is 59.5 Å². The van der Waals surface area contributed by atoms with Gasteiger partial charge in [-0.15, -0.1) is 0 Å². The summed E-state index contributed by atoms with van der Waals surface area (Å²) in [5.41, 5.74) is 5.73. The van der Waals surface area contributed by atoms with Gasteiger partial charge in [0.2, 0.25) is 5.91 Å². The number of piperidine rings is 1. The minimum absolute atomic E-state index is 0.137. The van der Waals surface area contributed by atoms with E-state index in [0.29, 0.717) is 13.0 Å². The van der Waals surface area contributed by atoms with Gasteiger partial charge in [0.25, 0.3) is 11.8 Å². The third-order valence-corrected chi connectivity index (χ3v) is 3.77. The molecule has 3 atom stereocenters. The van der Waals surface area contributed by atoms with Crippen molar-refractivity contribution in [1.82, 2.24) is 10.2 Å². The first-order chi connectivity index (χ1) is 9.30. The number of hydrogen-bond donors (Lipinski definition) is 3. The zero-order valence-corrected chi connectivity index (χ0v) is 11.0. The third-order valence-electron chi connectivity index (χ3n) is 3.77. The quantitative estimate of drug-likeness (QED) is 0.623. The number of carbonyl (C=O) groups is 2. The average molecular weight is 291 g/mol. The normalized spacial score (nSPS) is 28.3. The molecule has 2 amide bonds. The van der Waals surface area contributed by atoms with Crippen molar-refractivity contribution in [2.75, 3.05) is 19.6 Å². The SMILES string of the molecule is NC(C[C@@H]1CCCNC1=O)C(O)C(=O)N1CC(F)(F)C1. The Hall–Kier alpha value is -1.28. The molecule has 2 aliphatic heterocycles. The number of carbonyl (C=O) groups excluding carboxylic acids is 2. The summed E-state index contributed by atoms with van der Waals surface area (Å²) in [7, 11) is 0. The second-order valence-electron chi connectivity index (χ2n) is 5.52. The highest BCUT2D eigenvalue weighted by atomic mass is 19.3. The van der Waals surface area contributed by atoms with E-state index < -0.39 is 37.1 Å². The molecule has 2 saturated heterocycles. The van der Waals surface area contributed by atoms with E-state index in [9.17, 15) is 23.5 Å². The maximum Gasteiger partial charge on any atom is 0.282 e. The van der Waals surface area contributed by atoms with Gasteiger partial charge < -0.3 is 21.1 Å². The highest BCUT2D eigenvalue weighted by molar-refractivity contribution is 5.83. The molecule has 0 radical (unpaired) electrons. The van der Waals surface area contributed by atoms with Crippen molar-refractivity contribution in [3.63, 3.8) is 0 Å². The summed E-state index contributed by atoms with van der Waals surface area (Å²) >= 11 is 0. The molecule has 2 heterocycles. The molecule has 8 heteroatoms. The maximum atomic E-state index is 12.7. The van der Waals surface area contributed by atoms with Crippen molar-refractivity contribution in [3.05, 3.63) is 0 Å².